The number of ether oxygens (including phenoxy) is 1. The van der Waals surface area contributed by atoms with Crippen molar-refractivity contribution in [3.8, 4) is 5.75 Å². The van der Waals surface area contributed by atoms with Crippen LogP contribution in [0, 0.1) is 5.92 Å². The van der Waals surface area contributed by atoms with Crippen LogP contribution >= 0.6 is 0 Å². The van der Waals surface area contributed by atoms with Crippen molar-refractivity contribution in [1.82, 2.24) is 0 Å². The van der Waals surface area contributed by atoms with Gasteiger partial charge in [0.05, 0.1) is 7.11 Å². The van der Waals surface area contributed by atoms with Gasteiger partial charge >= 0.3 is 0 Å². The Morgan fingerprint density at radius 2 is 1.50 bits per heavy atom. The highest BCUT2D eigenvalue weighted by Gasteiger charge is 2.40. The Morgan fingerprint density at radius 3 is 2.04 bits per heavy atom. The maximum atomic E-state index is 12.6. The van der Waals surface area contributed by atoms with Gasteiger partial charge < -0.3 is 4.74 Å². The summed E-state index contributed by atoms with van der Waals surface area (Å²) in [5, 5.41) is 0. The summed E-state index contributed by atoms with van der Waals surface area (Å²) in [6, 6.07) is 16.0. The molecule has 0 aliphatic heterocycles. The molecule has 0 atom stereocenters. The Labute approximate surface area is 140 Å². The molecule has 24 heavy (non-hydrogen) atoms. The van der Waals surface area contributed by atoms with E-state index in [2.05, 4.69) is 0 Å². The normalized spacial score (nSPS) is 20.7. The van der Waals surface area contributed by atoms with Crippen LogP contribution < -0.4 is 4.74 Å². The van der Waals surface area contributed by atoms with E-state index in [-0.39, 0.29) is 30.3 Å². The van der Waals surface area contributed by atoms with Crippen molar-refractivity contribution in [2.24, 2.45) is 5.92 Å². The van der Waals surface area contributed by atoms with E-state index in [1.165, 1.54) is 7.11 Å². The summed E-state index contributed by atoms with van der Waals surface area (Å²) >= 11 is 0. The Balaban J connectivity index is 1.78. The van der Waals surface area contributed by atoms with Crippen molar-refractivity contribution in [1.29, 1.82) is 0 Å². The van der Waals surface area contributed by atoms with E-state index < -0.39 is 11.7 Å². The molecule has 3 rings (SSSR count). The zero-order chi connectivity index (χ0) is 17.1. The number of rotatable bonds is 4. The van der Waals surface area contributed by atoms with E-state index in [0.717, 1.165) is 5.56 Å². The van der Waals surface area contributed by atoms with Crippen LogP contribution in [0.15, 0.2) is 54.6 Å². The largest absolute Gasteiger partial charge is 0.497 e. The van der Waals surface area contributed by atoms with Gasteiger partial charge in [-0.3, -0.25) is 14.4 Å². The molecule has 122 valence electrons. The van der Waals surface area contributed by atoms with E-state index >= 15 is 0 Å². The SMILES string of the molecule is COc1ccc(C(=O)C2C(=O)CC(c3ccccc3)CC2=O)cc1. The number of benzene rings is 2. The number of carbonyl (C=O) groups is 3. The first-order chi connectivity index (χ1) is 11.6. The number of hydrogen-bond acceptors (Lipinski definition) is 4. The third kappa shape index (κ3) is 3.13. The molecule has 0 unspecified atom stereocenters. The summed E-state index contributed by atoms with van der Waals surface area (Å²) < 4.78 is 5.05. The summed E-state index contributed by atoms with van der Waals surface area (Å²) in [7, 11) is 1.54. The topological polar surface area (TPSA) is 60.4 Å². The Hall–Kier alpha value is -2.75. The summed E-state index contributed by atoms with van der Waals surface area (Å²) in [5.74, 6) is -1.68. The number of carbonyl (C=O) groups excluding carboxylic acids is 3. The highest BCUT2D eigenvalue weighted by atomic mass is 16.5. The van der Waals surface area contributed by atoms with Gasteiger partial charge in [-0.15, -0.1) is 0 Å². The first-order valence-corrected chi connectivity index (χ1v) is 7.89. The van der Waals surface area contributed by atoms with E-state index in [0.29, 0.717) is 11.3 Å². The maximum absolute atomic E-state index is 12.6. The van der Waals surface area contributed by atoms with Crippen molar-refractivity contribution in [3.05, 3.63) is 65.7 Å². The van der Waals surface area contributed by atoms with Gasteiger partial charge in [0.25, 0.3) is 0 Å². The minimum atomic E-state index is -1.17. The molecule has 0 heterocycles. The van der Waals surface area contributed by atoms with Crippen LogP contribution in [0.25, 0.3) is 0 Å². The number of hydrogen-bond donors (Lipinski definition) is 0. The lowest BCUT2D eigenvalue weighted by atomic mass is 9.74. The fraction of sp³-hybridized carbons (Fsp3) is 0.250. The number of Topliss-reactive ketones (excluding diaryl/α,β-unsaturated/α-hetero) is 3. The van der Waals surface area contributed by atoms with Crippen LogP contribution in [-0.4, -0.2) is 24.5 Å². The molecule has 2 aromatic rings. The third-order valence-electron chi connectivity index (χ3n) is 4.45. The third-order valence-corrected chi connectivity index (χ3v) is 4.45. The van der Waals surface area contributed by atoms with Crippen LogP contribution in [0.4, 0.5) is 0 Å². The fourth-order valence-electron chi connectivity index (χ4n) is 3.15. The molecular formula is C20H18O4. The molecule has 0 radical (unpaired) electrons. The van der Waals surface area contributed by atoms with Crippen LogP contribution in [0.3, 0.4) is 0 Å². The lowest BCUT2D eigenvalue weighted by Gasteiger charge is -2.26. The zero-order valence-electron chi connectivity index (χ0n) is 13.4. The summed E-state index contributed by atoms with van der Waals surface area (Å²) in [5.41, 5.74) is 1.33. The first kappa shape index (κ1) is 16.1. The van der Waals surface area contributed by atoms with Crippen LogP contribution in [0.1, 0.15) is 34.7 Å². The van der Waals surface area contributed by atoms with Gasteiger partial charge in [-0.2, -0.15) is 0 Å². The lowest BCUT2D eigenvalue weighted by molar-refractivity contribution is -0.133. The Bertz CT molecular complexity index is 744. The zero-order valence-corrected chi connectivity index (χ0v) is 13.4. The van der Waals surface area contributed by atoms with Crippen molar-refractivity contribution in [3.63, 3.8) is 0 Å². The molecule has 0 aromatic heterocycles. The second kappa shape index (κ2) is 6.79. The average molecular weight is 322 g/mol. The van der Waals surface area contributed by atoms with Crippen molar-refractivity contribution >= 4 is 17.3 Å². The summed E-state index contributed by atoms with van der Waals surface area (Å²) in [6.45, 7) is 0. The van der Waals surface area contributed by atoms with Crippen LogP contribution in [-0.2, 0) is 9.59 Å². The number of methoxy groups -OCH3 is 1. The highest BCUT2D eigenvalue weighted by Crippen LogP contribution is 2.33. The maximum Gasteiger partial charge on any atom is 0.180 e. The smallest absolute Gasteiger partial charge is 0.180 e. The van der Waals surface area contributed by atoms with Gasteiger partial charge in [0.2, 0.25) is 0 Å². The molecule has 1 saturated carbocycles. The van der Waals surface area contributed by atoms with Gasteiger partial charge in [0.15, 0.2) is 17.3 Å². The minimum absolute atomic E-state index is 0.133. The average Bonchev–Trinajstić information content (AvgIpc) is 2.61. The summed E-state index contributed by atoms with van der Waals surface area (Å²) in [6.07, 6.45) is 0.449. The quantitative estimate of drug-likeness (QED) is 0.640. The second-order valence-corrected chi connectivity index (χ2v) is 5.97. The predicted molar refractivity (Wildman–Crippen MR) is 89.2 cm³/mol. The first-order valence-electron chi connectivity index (χ1n) is 7.89. The second-order valence-electron chi connectivity index (χ2n) is 5.97. The molecule has 1 aliphatic rings. The van der Waals surface area contributed by atoms with Crippen molar-refractivity contribution in [2.45, 2.75) is 18.8 Å². The minimum Gasteiger partial charge on any atom is -0.497 e. The molecule has 0 bridgehead atoms. The molecule has 0 spiro atoms. The summed E-state index contributed by atoms with van der Waals surface area (Å²) in [4.78, 5) is 37.5. The van der Waals surface area contributed by atoms with E-state index in [1.807, 2.05) is 30.3 Å². The van der Waals surface area contributed by atoms with Gasteiger partial charge in [0, 0.05) is 18.4 Å². The van der Waals surface area contributed by atoms with Crippen LogP contribution in [0.2, 0.25) is 0 Å². The van der Waals surface area contributed by atoms with E-state index in [9.17, 15) is 14.4 Å². The fourth-order valence-corrected chi connectivity index (χ4v) is 3.15. The standard InChI is InChI=1S/C20H18O4/c1-24-16-9-7-14(8-10-16)20(23)19-17(21)11-15(12-18(19)22)13-5-3-2-4-6-13/h2-10,15,19H,11-12H2,1H3. The predicted octanol–water partition coefficient (Wildman–Crippen LogP) is 3.21. The van der Waals surface area contributed by atoms with E-state index in [4.69, 9.17) is 4.74 Å². The highest BCUT2D eigenvalue weighted by molar-refractivity contribution is 6.25. The monoisotopic (exact) mass is 322 g/mol. The van der Waals surface area contributed by atoms with Crippen LogP contribution in [0.5, 0.6) is 5.75 Å². The van der Waals surface area contributed by atoms with Gasteiger partial charge in [-0.25, -0.2) is 0 Å². The molecule has 0 saturated heterocycles. The van der Waals surface area contributed by atoms with Crippen molar-refractivity contribution in [2.75, 3.05) is 7.11 Å². The lowest BCUT2D eigenvalue weighted by Crippen LogP contribution is -2.38. The Kier molecular flexibility index (Phi) is 4.56. The Morgan fingerprint density at radius 1 is 0.917 bits per heavy atom. The van der Waals surface area contributed by atoms with Crippen molar-refractivity contribution < 1.29 is 19.1 Å². The van der Waals surface area contributed by atoms with Gasteiger partial charge in [0.1, 0.15) is 11.7 Å². The van der Waals surface area contributed by atoms with Gasteiger partial charge in [-0.1, -0.05) is 30.3 Å². The number of ketones is 3. The van der Waals surface area contributed by atoms with Gasteiger partial charge in [-0.05, 0) is 35.7 Å². The molecule has 0 amide bonds. The molecular weight excluding hydrogens is 304 g/mol. The molecule has 4 heteroatoms. The molecule has 0 N–H and O–H groups in total. The molecule has 4 nitrogen and oxygen atoms in total. The van der Waals surface area contributed by atoms with E-state index in [1.54, 1.807) is 24.3 Å². The molecule has 1 aliphatic carbocycles. The molecule has 2 aromatic carbocycles. The molecule has 1 fully saturated rings.